The number of fused-ring (bicyclic) bond motifs is 1. The van der Waals surface area contributed by atoms with Crippen molar-refractivity contribution in [3.05, 3.63) is 30.1 Å². The van der Waals surface area contributed by atoms with Gasteiger partial charge in [0.15, 0.2) is 23.6 Å². The number of aryl methyl sites for hydroxylation is 1. The first kappa shape index (κ1) is 22.9. The molecule has 1 fully saturated rings. The van der Waals surface area contributed by atoms with Gasteiger partial charge < -0.3 is 24.6 Å². The zero-order valence-corrected chi connectivity index (χ0v) is 20.6. The van der Waals surface area contributed by atoms with E-state index in [9.17, 15) is 0 Å². The molecule has 164 valence electrons. The van der Waals surface area contributed by atoms with Crippen molar-refractivity contribution >= 4 is 46.6 Å². The number of hydrogen-bond acceptors (Lipinski definition) is 7. The molecule has 0 saturated carbocycles. The van der Waals surface area contributed by atoms with Crippen LogP contribution >= 0.6 is 35.5 Å². The summed E-state index contributed by atoms with van der Waals surface area (Å²) in [7, 11) is 0. The molecule has 10 heteroatoms. The van der Waals surface area contributed by atoms with Crippen LogP contribution in [0.15, 0.2) is 29.3 Å². The van der Waals surface area contributed by atoms with Crippen molar-refractivity contribution in [1.82, 2.24) is 19.6 Å². The molecular weight excluding hydrogens is 515 g/mol. The fourth-order valence-corrected chi connectivity index (χ4v) is 4.19. The number of hydrogen-bond donors (Lipinski definition) is 1. The van der Waals surface area contributed by atoms with E-state index >= 15 is 0 Å². The van der Waals surface area contributed by atoms with Gasteiger partial charge in [-0.2, -0.15) is 4.37 Å². The number of anilines is 1. The van der Waals surface area contributed by atoms with Gasteiger partial charge in [0, 0.05) is 50.7 Å². The summed E-state index contributed by atoms with van der Waals surface area (Å²) in [5, 5.41) is 4.44. The van der Waals surface area contributed by atoms with Crippen LogP contribution in [0.2, 0.25) is 0 Å². The van der Waals surface area contributed by atoms with E-state index in [1.807, 2.05) is 24.3 Å². The van der Waals surface area contributed by atoms with Gasteiger partial charge in [0.25, 0.3) is 0 Å². The summed E-state index contributed by atoms with van der Waals surface area (Å²) < 4.78 is 16.2. The minimum Gasteiger partial charge on any atom is -0.486 e. The molecular formula is C20H29IN6O2S. The van der Waals surface area contributed by atoms with E-state index in [1.165, 1.54) is 11.5 Å². The van der Waals surface area contributed by atoms with E-state index in [0.717, 1.165) is 67.6 Å². The molecule has 2 aliphatic rings. The molecule has 2 aliphatic heterocycles. The van der Waals surface area contributed by atoms with Crippen LogP contribution in [0.1, 0.15) is 19.7 Å². The van der Waals surface area contributed by atoms with Crippen LogP contribution in [0.5, 0.6) is 11.5 Å². The first-order chi connectivity index (χ1) is 14.3. The van der Waals surface area contributed by atoms with E-state index in [-0.39, 0.29) is 30.1 Å². The summed E-state index contributed by atoms with van der Waals surface area (Å²) in [6, 6.07) is 7.78. The second kappa shape index (κ2) is 11.0. The lowest BCUT2D eigenvalue weighted by atomic mass is 10.2. The van der Waals surface area contributed by atoms with Gasteiger partial charge in [-0.25, -0.2) is 9.98 Å². The molecule has 8 nitrogen and oxygen atoms in total. The predicted molar refractivity (Wildman–Crippen MR) is 131 cm³/mol. The summed E-state index contributed by atoms with van der Waals surface area (Å²) >= 11 is 1.49. The van der Waals surface area contributed by atoms with Crippen molar-refractivity contribution in [2.45, 2.75) is 26.4 Å². The lowest BCUT2D eigenvalue weighted by Gasteiger charge is -2.36. The highest BCUT2D eigenvalue weighted by Crippen LogP contribution is 2.30. The largest absolute Gasteiger partial charge is 0.486 e. The van der Waals surface area contributed by atoms with Crippen molar-refractivity contribution in [3.63, 3.8) is 0 Å². The molecule has 1 saturated heterocycles. The van der Waals surface area contributed by atoms with E-state index in [0.29, 0.717) is 13.2 Å². The second-order valence-corrected chi connectivity index (χ2v) is 7.74. The summed E-state index contributed by atoms with van der Waals surface area (Å²) in [4.78, 5) is 14.1. The van der Waals surface area contributed by atoms with Crippen LogP contribution in [0.25, 0.3) is 0 Å². The Morgan fingerprint density at radius 3 is 2.67 bits per heavy atom. The van der Waals surface area contributed by atoms with Crippen molar-refractivity contribution in [2.75, 3.05) is 50.8 Å². The quantitative estimate of drug-likeness (QED) is 0.353. The first-order valence-corrected chi connectivity index (χ1v) is 11.0. The Morgan fingerprint density at radius 2 is 1.97 bits per heavy atom. The van der Waals surface area contributed by atoms with E-state index in [1.54, 1.807) is 0 Å². The van der Waals surface area contributed by atoms with Gasteiger partial charge in [-0.3, -0.25) is 0 Å². The maximum absolute atomic E-state index is 6.04. The number of aromatic nitrogens is 2. The minimum absolute atomic E-state index is 0. The topological polar surface area (TPSA) is 75.1 Å². The lowest BCUT2D eigenvalue weighted by molar-refractivity contribution is 0.0969. The Morgan fingerprint density at radius 1 is 1.20 bits per heavy atom. The van der Waals surface area contributed by atoms with E-state index in [2.05, 4.69) is 38.3 Å². The zero-order valence-electron chi connectivity index (χ0n) is 17.4. The van der Waals surface area contributed by atoms with Gasteiger partial charge in [0.1, 0.15) is 12.4 Å². The average molecular weight is 544 g/mol. The molecule has 0 bridgehead atoms. The number of rotatable bonds is 5. The van der Waals surface area contributed by atoms with Crippen LogP contribution in [0, 0.1) is 0 Å². The van der Waals surface area contributed by atoms with Gasteiger partial charge in [-0.1, -0.05) is 19.1 Å². The molecule has 1 unspecified atom stereocenters. The third-order valence-electron chi connectivity index (χ3n) is 4.97. The van der Waals surface area contributed by atoms with Crippen molar-refractivity contribution < 1.29 is 9.47 Å². The molecule has 1 atom stereocenters. The number of piperazine rings is 1. The Kier molecular flexibility index (Phi) is 8.37. The van der Waals surface area contributed by atoms with Gasteiger partial charge in [0.05, 0.1) is 6.54 Å². The molecule has 1 aromatic heterocycles. The molecule has 0 amide bonds. The number of nitrogens with zero attached hydrogens (tertiary/aromatic N) is 5. The Bertz CT molecular complexity index is 840. The van der Waals surface area contributed by atoms with E-state index in [4.69, 9.17) is 14.5 Å². The molecule has 30 heavy (non-hydrogen) atoms. The molecule has 0 spiro atoms. The molecule has 2 aromatic rings. The zero-order chi connectivity index (χ0) is 20.1. The van der Waals surface area contributed by atoms with Crippen molar-refractivity contribution in [1.29, 1.82) is 0 Å². The fraction of sp³-hybridized carbons (Fsp3) is 0.550. The standard InChI is InChI=1S/C20H28N6O2S.HI/c1-3-18-23-20(29-24-18)26-11-9-25(10-12-26)19(21-4-2)22-13-15-14-27-16-7-5-6-8-17(16)28-15;/h5-8,15H,3-4,9-14H2,1-2H3,(H,21,22);1H. The summed E-state index contributed by atoms with van der Waals surface area (Å²) in [6.45, 7) is 9.73. The van der Waals surface area contributed by atoms with Crippen LogP contribution in [0.4, 0.5) is 5.13 Å². The van der Waals surface area contributed by atoms with Crippen LogP contribution in [-0.4, -0.2) is 72.2 Å². The SMILES string of the molecule is CCNC(=NCC1COc2ccccc2O1)N1CCN(c2nc(CC)ns2)CC1.I. The normalized spacial score (nSPS) is 18.7. The summed E-state index contributed by atoms with van der Waals surface area (Å²) in [6.07, 6.45) is 0.805. The highest BCUT2D eigenvalue weighted by Gasteiger charge is 2.24. The summed E-state index contributed by atoms with van der Waals surface area (Å²) in [5.41, 5.74) is 0. The Labute approximate surface area is 198 Å². The molecule has 1 aromatic carbocycles. The first-order valence-electron chi connectivity index (χ1n) is 10.3. The molecule has 0 aliphatic carbocycles. The van der Waals surface area contributed by atoms with Crippen LogP contribution in [-0.2, 0) is 6.42 Å². The molecule has 1 N–H and O–H groups in total. The molecule has 0 radical (unpaired) electrons. The Balaban J connectivity index is 0.00000256. The summed E-state index contributed by atoms with van der Waals surface area (Å²) in [5.74, 6) is 3.46. The fourth-order valence-electron chi connectivity index (χ4n) is 3.39. The predicted octanol–water partition coefficient (Wildman–Crippen LogP) is 2.65. The number of para-hydroxylation sites is 2. The highest BCUT2D eigenvalue weighted by molar-refractivity contribution is 14.0. The lowest BCUT2D eigenvalue weighted by Crippen LogP contribution is -2.53. The number of nitrogens with one attached hydrogen (secondary N) is 1. The van der Waals surface area contributed by atoms with Crippen LogP contribution in [0.3, 0.4) is 0 Å². The van der Waals surface area contributed by atoms with E-state index < -0.39 is 0 Å². The maximum Gasteiger partial charge on any atom is 0.205 e. The van der Waals surface area contributed by atoms with Gasteiger partial charge in [-0.15, -0.1) is 24.0 Å². The van der Waals surface area contributed by atoms with Gasteiger partial charge in [0.2, 0.25) is 5.13 Å². The number of benzene rings is 1. The number of ether oxygens (including phenoxy) is 2. The third-order valence-corrected chi connectivity index (χ3v) is 5.79. The van der Waals surface area contributed by atoms with Crippen LogP contribution < -0.4 is 19.7 Å². The van der Waals surface area contributed by atoms with Gasteiger partial charge >= 0.3 is 0 Å². The third kappa shape index (κ3) is 5.45. The second-order valence-electron chi connectivity index (χ2n) is 7.01. The number of aliphatic imine (C=N–C) groups is 1. The minimum atomic E-state index is -0.0753. The Hall–Kier alpha value is -1.82. The van der Waals surface area contributed by atoms with Crippen molar-refractivity contribution in [2.24, 2.45) is 4.99 Å². The number of halogens is 1. The molecule has 4 rings (SSSR count). The van der Waals surface area contributed by atoms with Gasteiger partial charge in [-0.05, 0) is 19.1 Å². The monoisotopic (exact) mass is 544 g/mol. The highest BCUT2D eigenvalue weighted by atomic mass is 127. The van der Waals surface area contributed by atoms with Crippen molar-refractivity contribution in [3.8, 4) is 11.5 Å². The molecule has 3 heterocycles. The number of guanidine groups is 1. The maximum atomic E-state index is 6.04. The smallest absolute Gasteiger partial charge is 0.205 e. The average Bonchev–Trinajstić information content (AvgIpc) is 3.26.